The lowest BCUT2D eigenvalue weighted by atomic mass is 10.0. The third kappa shape index (κ3) is 2.34. The number of rotatable bonds is 2. The number of hydrogen-bond donors (Lipinski definition) is 2. The van der Waals surface area contributed by atoms with E-state index in [1.165, 1.54) is 0 Å². The van der Waals surface area contributed by atoms with Gasteiger partial charge >= 0.3 is 0 Å². The molecule has 1 aromatic rings. The van der Waals surface area contributed by atoms with Crippen LogP contribution < -0.4 is 5.32 Å². The van der Waals surface area contributed by atoms with Gasteiger partial charge in [0, 0.05) is 18.2 Å². The van der Waals surface area contributed by atoms with Crippen LogP contribution in [0.5, 0.6) is 5.75 Å². The van der Waals surface area contributed by atoms with E-state index in [0.29, 0.717) is 19.2 Å². The zero-order valence-corrected chi connectivity index (χ0v) is 8.85. The molecule has 2 rings (SSSR count). The molecule has 1 atom stereocenters. The minimum absolute atomic E-state index is 0.149. The van der Waals surface area contributed by atoms with Crippen LogP contribution in [0.4, 0.5) is 10.1 Å². The van der Waals surface area contributed by atoms with Crippen molar-refractivity contribution in [1.29, 1.82) is 0 Å². The summed E-state index contributed by atoms with van der Waals surface area (Å²) < 4.78 is 18.5. The van der Waals surface area contributed by atoms with Crippen molar-refractivity contribution in [1.82, 2.24) is 5.32 Å². The van der Waals surface area contributed by atoms with Crippen LogP contribution in [-0.4, -0.2) is 29.8 Å². The molecule has 92 valence electrons. The van der Waals surface area contributed by atoms with Gasteiger partial charge in [0.1, 0.15) is 0 Å². The number of morpholine rings is 1. The number of benzene rings is 1. The molecule has 1 aliphatic heterocycles. The zero-order valence-electron chi connectivity index (χ0n) is 8.85. The first-order chi connectivity index (χ1) is 8.09. The third-order valence-electron chi connectivity index (χ3n) is 2.59. The Balaban J connectivity index is 2.40. The maximum Gasteiger partial charge on any atom is 0.272 e. The normalized spacial score (nSPS) is 20.2. The van der Waals surface area contributed by atoms with Crippen molar-refractivity contribution in [2.45, 2.75) is 6.04 Å². The maximum absolute atomic E-state index is 13.3. The van der Waals surface area contributed by atoms with Crippen LogP contribution in [0.25, 0.3) is 0 Å². The molecule has 0 spiro atoms. The second kappa shape index (κ2) is 4.64. The Morgan fingerprint density at radius 2 is 2.35 bits per heavy atom. The number of non-ortho nitro benzene ring substituents is 1. The summed E-state index contributed by atoms with van der Waals surface area (Å²) in [6.45, 7) is 1.32. The molecule has 1 saturated heterocycles. The zero-order chi connectivity index (χ0) is 12.4. The van der Waals surface area contributed by atoms with Gasteiger partial charge in [0.05, 0.1) is 30.2 Å². The Bertz CT molecular complexity index is 446. The summed E-state index contributed by atoms with van der Waals surface area (Å²) in [7, 11) is 0. The van der Waals surface area contributed by atoms with Crippen molar-refractivity contribution in [2.24, 2.45) is 0 Å². The summed E-state index contributed by atoms with van der Waals surface area (Å²) in [6.07, 6.45) is 0. The van der Waals surface area contributed by atoms with E-state index in [2.05, 4.69) is 5.32 Å². The number of phenolic OH excluding ortho intramolecular Hbond substituents is 1. The third-order valence-corrected chi connectivity index (χ3v) is 2.59. The summed E-state index contributed by atoms with van der Waals surface area (Å²) in [5, 5.41) is 23.2. The van der Waals surface area contributed by atoms with Crippen molar-refractivity contribution in [2.75, 3.05) is 19.8 Å². The van der Waals surface area contributed by atoms with E-state index in [9.17, 15) is 19.6 Å². The summed E-state index contributed by atoms with van der Waals surface area (Å²) >= 11 is 0. The highest BCUT2D eigenvalue weighted by atomic mass is 19.1. The van der Waals surface area contributed by atoms with Crippen molar-refractivity contribution in [3.05, 3.63) is 33.6 Å². The predicted molar refractivity (Wildman–Crippen MR) is 56.3 cm³/mol. The van der Waals surface area contributed by atoms with Crippen LogP contribution in [0.1, 0.15) is 11.6 Å². The lowest BCUT2D eigenvalue weighted by Crippen LogP contribution is -2.34. The van der Waals surface area contributed by atoms with E-state index >= 15 is 0 Å². The first-order valence-electron chi connectivity index (χ1n) is 5.07. The maximum atomic E-state index is 13.3. The van der Waals surface area contributed by atoms with Crippen LogP contribution >= 0.6 is 0 Å². The van der Waals surface area contributed by atoms with Crippen molar-refractivity contribution in [3.63, 3.8) is 0 Å². The Morgan fingerprint density at radius 3 is 2.94 bits per heavy atom. The minimum atomic E-state index is -0.999. The second-order valence-corrected chi connectivity index (χ2v) is 3.70. The number of hydrogen-bond acceptors (Lipinski definition) is 5. The van der Waals surface area contributed by atoms with Crippen LogP contribution in [0.15, 0.2) is 12.1 Å². The van der Waals surface area contributed by atoms with E-state index in [0.717, 1.165) is 6.07 Å². The quantitative estimate of drug-likeness (QED) is 0.599. The van der Waals surface area contributed by atoms with Gasteiger partial charge in [-0.2, -0.15) is 0 Å². The fourth-order valence-electron chi connectivity index (χ4n) is 1.74. The SMILES string of the molecule is O=[N+]([O-])c1cc(F)c(O)c([C@H]2COCCN2)c1. The number of phenols is 1. The molecule has 2 N–H and O–H groups in total. The highest BCUT2D eigenvalue weighted by molar-refractivity contribution is 5.46. The van der Waals surface area contributed by atoms with E-state index in [1.807, 2.05) is 0 Å². The molecule has 6 nitrogen and oxygen atoms in total. The molecule has 7 heteroatoms. The standard InChI is InChI=1S/C10H11FN2O4/c11-8-4-6(13(15)16)3-7(10(8)14)9-5-17-2-1-12-9/h3-4,9,12,14H,1-2,5H2/t9-/m1/s1. The summed E-state index contributed by atoms with van der Waals surface area (Å²) in [5.41, 5.74) is -0.237. The smallest absolute Gasteiger partial charge is 0.272 e. The molecule has 0 saturated carbocycles. The monoisotopic (exact) mass is 242 g/mol. The number of nitrogens with one attached hydrogen (secondary N) is 1. The largest absolute Gasteiger partial charge is 0.505 e. The topological polar surface area (TPSA) is 84.6 Å². The fraction of sp³-hybridized carbons (Fsp3) is 0.400. The Hall–Kier alpha value is -1.73. The highest BCUT2D eigenvalue weighted by Crippen LogP contribution is 2.32. The van der Waals surface area contributed by atoms with Crippen molar-refractivity contribution >= 4 is 5.69 Å². The van der Waals surface area contributed by atoms with Crippen LogP contribution in [0, 0.1) is 15.9 Å². The molecule has 0 radical (unpaired) electrons. The average molecular weight is 242 g/mol. The van der Waals surface area contributed by atoms with Gasteiger partial charge in [0.15, 0.2) is 11.6 Å². The molecule has 0 aliphatic carbocycles. The molecule has 1 heterocycles. The number of ether oxygens (including phenoxy) is 1. The summed E-state index contributed by atoms with van der Waals surface area (Å²) in [5.74, 6) is -1.57. The van der Waals surface area contributed by atoms with Gasteiger partial charge in [-0.1, -0.05) is 0 Å². The lowest BCUT2D eigenvalue weighted by molar-refractivity contribution is -0.385. The molecule has 1 aliphatic rings. The highest BCUT2D eigenvalue weighted by Gasteiger charge is 2.24. The van der Waals surface area contributed by atoms with E-state index < -0.39 is 22.5 Å². The molecule has 0 bridgehead atoms. The molecule has 0 amide bonds. The predicted octanol–water partition coefficient (Wildman–Crippen LogP) is 1.10. The summed E-state index contributed by atoms with van der Waals surface area (Å²) in [4.78, 5) is 9.91. The second-order valence-electron chi connectivity index (χ2n) is 3.70. The van der Waals surface area contributed by atoms with Crippen molar-refractivity contribution in [3.8, 4) is 5.75 Å². The summed E-state index contributed by atoms with van der Waals surface area (Å²) in [6, 6.07) is 1.42. The van der Waals surface area contributed by atoms with Crippen LogP contribution in [0.3, 0.4) is 0 Å². The lowest BCUT2D eigenvalue weighted by Gasteiger charge is -2.24. The molecule has 0 aromatic heterocycles. The van der Waals surface area contributed by atoms with E-state index in [4.69, 9.17) is 4.74 Å². The number of nitrogens with zero attached hydrogens (tertiary/aromatic N) is 1. The number of aromatic hydroxyl groups is 1. The fourth-order valence-corrected chi connectivity index (χ4v) is 1.74. The molecule has 1 fully saturated rings. The van der Waals surface area contributed by atoms with Crippen molar-refractivity contribution < 1.29 is 19.2 Å². The van der Waals surface area contributed by atoms with Crippen LogP contribution in [-0.2, 0) is 4.74 Å². The minimum Gasteiger partial charge on any atom is -0.505 e. The van der Waals surface area contributed by atoms with Gasteiger partial charge in [-0.3, -0.25) is 10.1 Å². The van der Waals surface area contributed by atoms with Gasteiger partial charge in [-0.05, 0) is 0 Å². The first kappa shape index (κ1) is 11.7. The first-order valence-corrected chi connectivity index (χ1v) is 5.07. The molecular weight excluding hydrogens is 231 g/mol. The Labute approximate surface area is 96.2 Å². The number of halogens is 1. The Morgan fingerprint density at radius 1 is 1.59 bits per heavy atom. The van der Waals surface area contributed by atoms with Gasteiger partial charge in [0.25, 0.3) is 5.69 Å². The van der Waals surface area contributed by atoms with Gasteiger partial charge in [-0.25, -0.2) is 4.39 Å². The Kier molecular flexibility index (Phi) is 3.21. The average Bonchev–Trinajstić information content (AvgIpc) is 2.33. The number of nitro benzene ring substituents is 1. The molecule has 1 aromatic carbocycles. The van der Waals surface area contributed by atoms with Gasteiger partial charge in [-0.15, -0.1) is 0 Å². The van der Waals surface area contributed by atoms with Crippen LogP contribution in [0.2, 0.25) is 0 Å². The van der Waals surface area contributed by atoms with Gasteiger partial charge < -0.3 is 15.2 Å². The number of nitro groups is 1. The van der Waals surface area contributed by atoms with E-state index in [-0.39, 0.29) is 17.9 Å². The van der Waals surface area contributed by atoms with Gasteiger partial charge in [0.2, 0.25) is 0 Å². The molecule has 17 heavy (non-hydrogen) atoms. The molecule has 0 unspecified atom stereocenters. The molecular formula is C10H11FN2O4. The van der Waals surface area contributed by atoms with E-state index in [1.54, 1.807) is 0 Å².